The summed E-state index contributed by atoms with van der Waals surface area (Å²) >= 11 is 0. The highest BCUT2D eigenvalue weighted by Crippen LogP contribution is 2.19. The molecule has 4 nitrogen and oxygen atoms in total. The van der Waals surface area contributed by atoms with E-state index in [9.17, 15) is 4.79 Å². The summed E-state index contributed by atoms with van der Waals surface area (Å²) in [5, 5.41) is 11.8. The van der Waals surface area contributed by atoms with Gasteiger partial charge in [-0.05, 0) is 37.5 Å². The second-order valence-electron chi connectivity index (χ2n) is 5.02. The quantitative estimate of drug-likeness (QED) is 0.621. The number of aliphatic hydroxyl groups excluding tert-OH is 1. The summed E-state index contributed by atoms with van der Waals surface area (Å²) in [6.45, 7) is 7.50. The molecule has 20 heavy (non-hydrogen) atoms. The molecule has 1 amide bonds. The van der Waals surface area contributed by atoms with Crippen molar-refractivity contribution in [3.63, 3.8) is 0 Å². The third kappa shape index (κ3) is 4.38. The number of nitrogens with one attached hydrogen (secondary N) is 1. The number of aliphatic hydroxyl groups is 1. The fourth-order valence-electron chi connectivity index (χ4n) is 1.85. The van der Waals surface area contributed by atoms with E-state index in [1.807, 2.05) is 26.0 Å². The molecular formula is C16H23NO3. The molecule has 0 bridgehead atoms. The molecule has 2 N–H and O–H groups in total. The molecule has 1 rings (SSSR count). The van der Waals surface area contributed by atoms with Crippen molar-refractivity contribution < 1.29 is 14.6 Å². The van der Waals surface area contributed by atoms with E-state index in [4.69, 9.17) is 9.84 Å². The van der Waals surface area contributed by atoms with Gasteiger partial charge in [0.2, 0.25) is 0 Å². The number of allylic oxidation sites excluding steroid dienone is 1. The van der Waals surface area contributed by atoms with Crippen molar-refractivity contribution in [1.29, 1.82) is 0 Å². The Morgan fingerprint density at radius 1 is 1.45 bits per heavy atom. The minimum atomic E-state index is -0.404. The summed E-state index contributed by atoms with van der Waals surface area (Å²) < 4.78 is 5.09. The summed E-state index contributed by atoms with van der Waals surface area (Å²) in [5.74, 6) is 0.686. The molecule has 0 saturated carbocycles. The minimum absolute atomic E-state index is 0.00369. The zero-order valence-corrected chi connectivity index (χ0v) is 12.5. The molecule has 0 spiro atoms. The number of rotatable bonds is 6. The average molecular weight is 277 g/mol. The highest BCUT2D eigenvalue weighted by atomic mass is 16.6. The van der Waals surface area contributed by atoms with Gasteiger partial charge in [-0.2, -0.15) is 0 Å². The average Bonchev–Trinajstić information content (AvgIpc) is 2.40. The van der Waals surface area contributed by atoms with Gasteiger partial charge in [0.25, 0.3) is 5.91 Å². The van der Waals surface area contributed by atoms with Crippen LogP contribution < -0.4 is 10.1 Å². The lowest BCUT2D eigenvalue weighted by molar-refractivity contribution is 0.0921. The van der Waals surface area contributed by atoms with Crippen LogP contribution in [0.3, 0.4) is 0 Å². The Morgan fingerprint density at radius 2 is 2.15 bits per heavy atom. The fourth-order valence-corrected chi connectivity index (χ4v) is 1.85. The van der Waals surface area contributed by atoms with Gasteiger partial charge >= 0.3 is 0 Å². The van der Waals surface area contributed by atoms with Crippen molar-refractivity contribution in [2.45, 2.75) is 33.7 Å². The Balaban J connectivity index is 2.89. The monoisotopic (exact) mass is 277 g/mol. The number of hydrogen-bond donors (Lipinski definition) is 2. The first kappa shape index (κ1) is 16.2. The first-order valence-electron chi connectivity index (χ1n) is 6.77. The highest BCUT2D eigenvalue weighted by Gasteiger charge is 2.15. The summed E-state index contributed by atoms with van der Waals surface area (Å²) in [4.78, 5) is 12.2. The Kier molecular flexibility index (Phi) is 6.25. The van der Waals surface area contributed by atoms with E-state index in [1.54, 1.807) is 18.2 Å². The summed E-state index contributed by atoms with van der Waals surface area (Å²) in [6, 6.07) is 5.20. The number of benzene rings is 1. The van der Waals surface area contributed by atoms with Crippen molar-refractivity contribution >= 4 is 5.91 Å². The summed E-state index contributed by atoms with van der Waals surface area (Å²) in [7, 11) is 0. The standard InChI is InChI=1S/C16H23NO3/c1-5-6-14(11(2)3)17-16(19)13-8-7-12(4)15(9-13)20-10-18/h5-9,11,14,18H,10H2,1-4H3,(H,17,19)/b6-5+. The smallest absolute Gasteiger partial charge is 0.251 e. The molecule has 1 aromatic rings. The van der Waals surface area contributed by atoms with E-state index < -0.39 is 6.79 Å². The van der Waals surface area contributed by atoms with Crippen molar-refractivity contribution in [3.05, 3.63) is 41.5 Å². The molecule has 0 aliphatic heterocycles. The van der Waals surface area contributed by atoms with Crippen LogP contribution in [0.25, 0.3) is 0 Å². The van der Waals surface area contributed by atoms with E-state index >= 15 is 0 Å². The SMILES string of the molecule is C/C=C/C(NC(=O)c1ccc(C)c(OCO)c1)C(C)C. The van der Waals surface area contributed by atoms with E-state index in [0.717, 1.165) is 5.56 Å². The molecule has 110 valence electrons. The molecule has 0 aromatic heterocycles. The molecule has 0 aliphatic carbocycles. The minimum Gasteiger partial charge on any atom is -0.467 e. The predicted molar refractivity (Wildman–Crippen MR) is 79.8 cm³/mol. The molecule has 0 heterocycles. The predicted octanol–water partition coefficient (Wildman–Crippen LogP) is 2.65. The van der Waals surface area contributed by atoms with Gasteiger partial charge in [0.1, 0.15) is 5.75 Å². The first-order chi connectivity index (χ1) is 9.49. The van der Waals surface area contributed by atoms with Crippen LogP contribution in [0, 0.1) is 12.8 Å². The number of ether oxygens (including phenoxy) is 1. The third-order valence-electron chi connectivity index (χ3n) is 3.09. The van der Waals surface area contributed by atoms with Crippen LogP contribution in [0.5, 0.6) is 5.75 Å². The normalized spacial score (nSPS) is 12.7. The first-order valence-corrected chi connectivity index (χ1v) is 6.77. The van der Waals surface area contributed by atoms with E-state index in [2.05, 4.69) is 19.2 Å². The molecular weight excluding hydrogens is 254 g/mol. The topological polar surface area (TPSA) is 58.6 Å². The molecule has 0 saturated heterocycles. The number of carbonyl (C=O) groups is 1. The van der Waals surface area contributed by atoms with Gasteiger partial charge in [0, 0.05) is 11.6 Å². The molecule has 0 aliphatic rings. The molecule has 1 aromatic carbocycles. The summed E-state index contributed by atoms with van der Waals surface area (Å²) in [6.07, 6.45) is 3.91. The van der Waals surface area contributed by atoms with Crippen LogP contribution in [0.2, 0.25) is 0 Å². The largest absolute Gasteiger partial charge is 0.467 e. The Morgan fingerprint density at radius 3 is 2.70 bits per heavy atom. The lowest BCUT2D eigenvalue weighted by Crippen LogP contribution is -2.37. The van der Waals surface area contributed by atoms with Crippen LogP contribution in [-0.2, 0) is 0 Å². The molecule has 1 atom stereocenters. The Bertz CT molecular complexity index is 481. The van der Waals surface area contributed by atoms with Gasteiger partial charge in [-0.3, -0.25) is 4.79 Å². The van der Waals surface area contributed by atoms with Crippen LogP contribution in [0.4, 0.5) is 0 Å². The Hall–Kier alpha value is -1.81. The lowest BCUT2D eigenvalue weighted by Gasteiger charge is -2.19. The zero-order chi connectivity index (χ0) is 15.1. The maximum Gasteiger partial charge on any atom is 0.251 e. The van der Waals surface area contributed by atoms with Crippen molar-refractivity contribution in [2.75, 3.05) is 6.79 Å². The van der Waals surface area contributed by atoms with Crippen molar-refractivity contribution in [2.24, 2.45) is 5.92 Å². The maximum absolute atomic E-state index is 12.2. The van der Waals surface area contributed by atoms with E-state index in [0.29, 0.717) is 17.2 Å². The fraction of sp³-hybridized carbons (Fsp3) is 0.438. The van der Waals surface area contributed by atoms with Crippen molar-refractivity contribution in [3.8, 4) is 5.75 Å². The number of aryl methyl sites for hydroxylation is 1. The molecule has 4 heteroatoms. The van der Waals surface area contributed by atoms with Crippen LogP contribution in [-0.4, -0.2) is 23.8 Å². The van der Waals surface area contributed by atoms with Crippen molar-refractivity contribution in [1.82, 2.24) is 5.32 Å². The van der Waals surface area contributed by atoms with E-state index in [1.165, 1.54) is 0 Å². The second-order valence-corrected chi connectivity index (χ2v) is 5.02. The van der Waals surface area contributed by atoms with Gasteiger partial charge in [0.05, 0.1) is 0 Å². The number of amides is 1. The van der Waals surface area contributed by atoms with Crippen LogP contribution in [0.1, 0.15) is 36.7 Å². The van der Waals surface area contributed by atoms with Gasteiger partial charge < -0.3 is 15.2 Å². The van der Waals surface area contributed by atoms with Crippen LogP contribution >= 0.6 is 0 Å². The number of hydrogen-bond acceptors (Lipinski definition) is 3. The molecule has 0 radical (unpaired) electrons. The molecule has 1 unspecified atom stereocenters. The van der Waals surface area contributed by atoms with Gasteiger partial charge in [-0.15, -0.1) is 0 Å². The lowest BCUT2D eigenvalue weighted by atomic mass is 10.0. The molecule has 0 fully saturated rings. The maximum atomic E-state index is 12.2. The Labute approximate surface area is 120 Å². The van der Waals surface area contributed by atoms with Gasteiger partial charge in [-0.1, -0.05) is 32.1 Å². The van der Waals surface area contributed by atoms with Gasteiger partial charge in [-0.25, -0.2) is 0 Å². The van der Waals surface area contributed by atoms with E-state index in [-0.39, 0.29) is 11.9 Å². The third-order valence-corrected chi connectivity index (χ3v) is 3.09. The van der Waals surface area contributed by atoms with Crippen LogP contribution in [0.15, 0.2) is 30.4 Å². The highest BCUT2D eigenvalue weighted by molar-refractivity contribution is 5.95. The van der Waals surface area contributed by atoms with Gasteiger partial charge in [0.15, 0.2) is 6.79 Å². The zero-order valence-electron chi connectivity index (χ0n) is 12.5. The summed E-state index contributed by atoms with van der Waals surface area (Å²) in [5.41, 5.74) is 1.40. The number of carbonyl (C=O) groups excluding carboxylic acids is 1. The second kappa shape index (κ2) is 7.70.